The molecular weight excluding hydrogens is 349 g/mol. The lowest BCUT2D eigenvalue weighted by Gasteiger charge is -2.32. The number of alkyl halides is 3. The van der Waals surface area contributed by atoms with Gasteiger partial charge in [0.15, 0.2) is 0 Å². The molecule has 1 unspecified atom stereocenters. The summed E-state index contributed by atoms with van der Waals surface area (Å²) in [7, 11) is 0. The van der Waals surface area contributed by atoms with Crippen molar-refractivity contribution >= 4 is 5.91 Å². The molecule has 0 aliphatic carbocycles. The number of likely N-dealkylation sites (tertiary alicyclic amines) is 1. The highest BCUT2D eigenvalue weighted by atomic mass is 19.4. The summed E-state index contributed by atoms with van der Waals surface area (Å²) in [4.78, 5) is 25.6. The SMILES string of the molecule is Cc1nccc(OC2CCCN(C(=O)c3ccc(C(F)(F)F)nc3)C2)n1. The largest absolute Gasteiger partial charge is 0.472 e. The Bertz CT molecular complexity index is 780. The molecule has 6 nitrogen and oxygen atoms in total. The van der Waals surface area contributed by atoms with Gasteiger partial charge in [0.25, 0.3) is 5.91 Å². The van der Waals surface area contributed by atoms with Crippen LogP contribution < -0.4 is 4.74 Å². The molecule has 1 aliphatic heterocycles. The van der Waals surface area contributed by atoms with Gasteiger partial charge in [-0.3, -0.25) is 9.78 Å². The predicted octanol–water partition coefficient (Wildman–Crippen LogP) is 2.88. The molecule has 0 radical (unpaired) electrons. The van der Waals surface area contributed by atoms with Crippen LogP contribution >= 0.6 is 0 Å². The Balaban J connectivity index is 1.66. The van der Waals surface area contributed by atoms with Gasteiger partial charge in [-0.25, -0.2) is 4.98 Å². The minimum atomic E-state index is -4.53. The van der Waals surface area contributed by atoms with Crippen molar-refractivity contribution in [3.05, 3.63) is 47.7 Å². The van der Waals surface area contributed by atoms with E-state index in [9.17, 15) is 18.0 Å². The molecule has 3 heterocycles. The summed E-state index contributed by atoms with van der Waals surface area (Å²) in [5, 5.41) is 0. The number of pyridine rings is 1. The summed E-state index contributed by atoms with van der Waals surface area (Å²) in [5.41, 5.74) is -0.899. The van der Waals surface area contributed by atoms with E-state index in [4.69, 9.17) is 4.74 Å². The van der Waals surface area contributed by atoms with Gasteiger partial charge in [-0.05, 0) is 31.9 Å². The second kappa shape index (κ2) is 7.27. The molecular formula is C17H17F3N4O2. The van der Waals surface area contributed by atoms with Gasteiger partial charge in [-0.15, -0.1) is 0 Å². The molecule has 1 atom stereocenters. The van der Waals surface area contributed by atoms with Gasteiger partial charge in [-0.2, -0.15) is 18.2 Å². The summed E-state index contributed by atoms with van der Waals surface area (Å²) < 4.78 is 43.5. The minimum Gasteiger partial charge on any atom is -0.472 e. The van der Waals surface area contributed by atoms with Crippen LogP contribution in [0.1, 0.15) is 34.7 Å². The first-order valence-electron chi connectivity index (χ1n) is 8.12. The van der Waals surface area contributed by atoms with Crippen molar-refractivity contribution in [2.24, 2.45) is 0 Å². The van der Waals surface area contributed by atoms with E-state index in [1.54, 1.807) is 24.1 Å². The van der Waals surface area contributed by atoms with Crippen LogP contribution in [0.25, 0.3) is 0 Å². The van der Waals surface area contributed by atoms with Crippen molar-refractivity contribution < 1.29 is 22.7 Å². The van der Waals surface area contributed by atoms with E-state index in [2.05, 4.69) is 15.0 Å². The Morgan fingerprint density at radius 3 is 2.73 bits per heavy atom. The quantitative estimate of drug-likeness (QED) is 0.836. The van der Waals surface area contributed by atoms with E-state index in [-0.39, 0.29) is 17.6 Å². The highest BCUT2D eigenvalue weighted by Crippen LogP contribution is 2.27. The molecule has 1 aliphatic rings. The first-order valence-corrected chi connectivity index (χ1v) is 8.12. The van der Waals surface area contributed by atoms with Crippen LogP contribution in [0.2, 0.25) is 0 Å². The molecule has 0 aromatic carbocycles. The molecule has 1 saturated heterocycles. The molecule has 138 valence electrons. The lowest BCUT2D eigenvalue weighted by molar-refractivity contribution is -0.141. The molecule has 0 spiro atoms. The predicted molar refractivity (Wildman–Crippen MR) is 85.6 cm³/mol. The third kappa shape index (κ3) is 4.27. The molecule has 3 rings (SSSR count). The lowest BCUT2D eigenvalue weighted by atomic mass is 10.1. The summed E-state index contributed by atoms with van der Waals surface area (Å²) in [5.74, 6) is 0.661. The van der Waals surface area contributed by atoms with Gasteiger partial charge < -0.3 is 9.64 Å². The Hall–Kier alpha value is -2.71. The van der Waals surface area contributed by atoms with Crippen molar-refractivity contribution in [3.8, 4) is 5.88 Å². The monoisotopic (exact) mass is 366 g/mol. The number of carbonyl (C=O) groups is 1. The van der Waals surface area contributed by atoms with E-state index in [0.717, 1.165) is 31.2 Å². The normalized spacial score (nSPS) is 17.8. The lowest BCUT2D eigenvalue weighted by Crippen LogP contribution is -2.44. The fraction of sp³-hybridized carbons (Fsp3) is 0.412. The summed E-state index contributed by atoms with van der Waals surface area (Å²) in [6.07, 6.45) is -0.710. The molecule has 1 fully saturated rings. The molecule has 0 N–H and O–H groups in total. The zero-order valence-corrected chi connectivity index (χ0v) is 14.0. The smallest absolute Gasteiger partial charge is 0.433 e. The van der Waals surface area contributed by atoms with Crippen molar-refractivity contribution in [1.29, 1.82) is 0 Å². The Morgan fingerprint density at radius 1 is 1.27 bits per heavy atom. The molecule has 2 aromatic heterocycles. The number of aryl methyl sites for hydroxylation is 1. The van der Waals surface area contributed by atoms with Gasteiger partial charge in [0.05, 0.1) is 12.1 Å². The maximum Gasteiger partial charge on any atom is 0.433 e. The number of hydrogen-bond donors (Lipinski definition) is 0. The van der Waals surface area contributed by atoms with Crippen LogP contribution in [0.3, 0.4) is 0 Å². The van der Waals surface area contributed by atoms with E-state index >= 15 is 0 Å². The topological polar surface area (TPSA) is 68.2 Å². The highest BCUT2D eigenvalue weighted by molar-refractivity contribution is 5.94. The molecule has 0 saturated carbocycles. The number of rotatable bonds is 3. The third-order valence-electron chi connectivity index (χ3n) is 4.00. The molecule has 1 amide bonds. The van der Waals surface area contributed by atoms with Crippen LogP contribution in [0.5, 0.6) is 5.88 Å². The summed E-state index contributed by atoms with van der Waals surface area (Å²) >= 11 is 0. The fourth-order valence-electron chi connectivity index (χ4n) is 2.76. The maximum absolute atomic E-state index is 12.6. The van der Waals surface area contributed by atoms with Crippen molar-refractivity contribution in [1.82, 2.24) is 19.9 Å². The van der Waals surface area contributed by atoms with Gasteiger partial charge in [0, 0.05) is 25.0 Å². The van der Waals surface area contributed by atoms with E-state index in [1.807, 2.05) is 0 Å². The fourth-order valence-corrected chi connectivity index (χ4v) is 2.76. The maximum atomic E-state index is 12.6. The Morgan fingerprint density at radius 2 is 2.08 bits per heavy atom. The van der Waals surface area contributed by atoms with E-state index < -0.39 is 11.9 Å². The number of hydrogen-bond acceptors (Lipinski definition) is 5. The minimum absolute atomic E-state index is 0.122. The number of ether oxygens (including phenoxy) is 1. The van der Waals surface area contributed by atoms with Crippen LogP contribution in [0.4, 0.5) is 13.2 Å². The van der Waals surface area contributed by atoms with Crippen LogP contribution in [-0.4, -0.2) is 45.0 Å². The molecule has 26 heavy (non-hydrogen) atoms. The zero-order valence-electron chi connectivity index (χ0n) is 14.0. The van der Waals surface area contributed by atoms with Crippen molar-refractivity contribution in [2.45, 2.75) is 32.0 Å². The highest BCUT2D eigenvalue weighted by Gasteiger charge is 2.33. The zero-order chi connectivity index (χ0) is 18.7. The van der Waals surface area contributed by atoms with Crippen molar-refractivity contribution in [2.75, 3.05) is 13.1 Å². The van der Waals surface area contributed by atoms with Gasteiger partial charge in [-0.1, -0.05) is 0 Å². The van der Waals surface area contributed by atoms with Crippen molar-refractivity contribution in [3.63, 3.8) is 0 Å². The van der Waals surface area contributed by atoms with Gasteiger partial charge in [0.2, 0.25) is 5.88 Å². The summed E-state index contributed by atoms with van der Waals surface area (Å²) in [6, 6.07) is 3.61. The van der Waals surface area contributed by atoms with E-state index in [0.29, 0.717) is 24.8 Å². The van der Waals surface area contributed by atoms with E-state index in [1.165, 1.54) is 0 Å². The van der Waals surface area contributed by atoms with Gasteiger partial charge in [0.1, 0.15) is 17.6 Å². The van der Waals surface area contributed by atoms with Crippen LogP contribution in [-0.2, 0) is 6.18 Å². The van der Waals surface area contributed by atoms with Crippen LogP contribution in [0, 0.1) is 6.92 Å². The Labute approximate surface area is 148 Å². The second-order valence-corrected chi connectivity index (χ2v) is 6.01. The van der Waals surface area contributed by atoms with Gasteiger partial charge >= 0.3 is 6.18 Å². The second-order valence-electron chi connectivity index (χ2n) is 6.01. The third-order valence-corrected chi connectivity index (χ3v) is 4.00. The first kappa shape index (κ1) is 18.1. The number of piperidine rings is 1. The number of carbonyl (C=O) groups excluding carboxylic acids is 1. The molecule has 0 bridgehead atoms. The molecule has 2 aromatic rings. The first-order chi connectivity index (χ1) is 12.3. The number of amides is 1. The average molecular weight is 366 g/mol. The Kier molecular flexibility index (Phi) is 5.06. The standard InChI is InChI=1S/C17H17F3N4O2/c1-11-21-7-6-15(23-11)26-13-3-2-8-24(10-13)16(25)12-4-5-14(22-9-12)17(18,19)20/h4-7,9,13H,2-3,8,10H2,1H3. The number of aromatic nitrogens is 3. The molecule has 9 heteroatoms. The number of halogens is 3. The average Bonchev–Trinajstić information content (AvgIpc) is 2.61. The van der Waals surface area contributed by atoms with Crippen LogP contribution in [0.15, 0.2) is 30.6 Å². The summed E-state index contributed by atoms with van der Waals surface area (Å²) in [6.45, 7) is 2.60. The number of nitrogens with zero attached hydrogens (tertiary/aromatic N) is 4.